The maximum atomic E-state index is 10.8. The number of hydrogen-bond acceptors (Lipinski definition) is 5. The number of carbonyl (C=O) groups is 1. The quantitative estimate of drug-likeness (QED) is 0.421. The van der Waals surface area contributed by atoms with E-state index in [1.54, 1.807) is 7.11 Å². The summed E-state index contributed by atoms with van der Waals surface area (Å²) >= 11 is 0. The Labute approximate surface area is 84.5 Å². The van der Waals surface area contributed by atoms with E-state index >= 15 is 0 Å². The van der Waals surface area contributed by atoms with Crippen molar-refractivity contribution < 1.29 is 19.0 Å². The van der Waals surface area contributed by atoms with Gasteiger partial charge in [-0.15, -0.1) is 0 Å². The SMILES string of the molecule is COCCOCCCOC(=O)CCN. The summed E-state index contributed by atoms with van der Waals surface area (Å²) in [5, 5.41) is 0. The van der Waals surface area contributed by atoms with Gasteiger partial charge in [0.1, 0.15) is 0 Å². The second kappa shape index (κ2) is 10.4. The fourth-order valence-electron chi connectivity index (χ4n) is 0.781. The van der Waals surface area contributed by atoms with Crippen LogP contribution in [0, 0.1) is 0 Å². The summed E-state index contributed by atoms with van der Waals surface area (Å²) in [5.41, 5.74) is 5.18. The average Bonchev–Trinajstić information content (AvgIpc) is 2.17. The summed E-state index contributed by atoms with van der Waals surface area (Å²) in [4.78, 5) is 10.8. The Morgan fingerprint density at radius 3 is 2.64 bits per heavy atom. The summed E-state index contributed by atoms with van der Waals surface area (Å²) in [6.45, 7) is 2.48. The van der Waals surface area contributed by atoms with Crippen LogP contribution in [-0.4, -0.2) is 46.1 Å². The predicted molar refractivity (Wildman–Crippen MR) is 51.9 cm³/mol. The molecule has 5 nitrogen and oxygen atoms in total. The number of hydrogen-bond donors (Lipinski definition) is 1. The lowest BCUT2D eigenvalue weighted by Gasteiger charge is -2.04. The Balaban J connectivity index is 3.01. The summed E-state index contributed by atoms with van der Waals surface area (Å²) in [6, 6.07) is 0. The van der Waals surface area contributed by atoms with Gasteiger partial charge in [-0.3, -0.25) is 4.79 Å². The largest absolute Gasteiger partial charge is 0.466 e. The molecule has 0 aromatic rings. The van der Waals surface area contributed by atoms with E-state index in [4.69, 9.17) is 19.9 Å². The lowest BCUT2D eigenvalue weighted by Crippen LogP contribution is -2.13. The van der Waals surface area contributed by atoms with E-state index in [2.05, 4.69) is 0 Å². The fraction of sp³-hybridized carbons (Fsp3) is 0.889. The van der Waals surface area contributed by atoms with E-state index < -0.39 is 0 Å². The number of nitrogens with two attached hydrogens (primary N) is 1. The standard InChI is InChI=1S/C9H19NO4/c1-12-7-8-13-5-2-6-14-9(11)3-4-10/h2-8,10H2,1H3. The minimum absolute atomic E-state index is 0.246. The summed E-state index contributed by atoms with van der Waals surface area (Å²) in [6.07, 6.45) is 0.991. The Kier molecular flexibility index (Phi) is 9.95. The molecule has 0 fully saturated rings. The van der Waals surface area contributed by atoms with Crippen molar-refractivity contribution in [1.29, 1.82) is 0 Å². The molecule has 0 spiro atoms. The van der Waals surface area contributed by atoms with Gasteiger partial charge in [-0.25, -0.2) is 0 Å². The molecule has 0 aromatic heterocycles. The van der Waals surface area contributed by atoms with Crippen molar-refractivity contribution in [3.05, 3.63) is 0 Å². The van der Waals surface area contributed by atoms with Crippen LogP contribution in [0.2, 0.25) is 0 Å². The lowest BCUT2D eigenvalue weighted by molar-refractivity contribution is -0.143. The van der Waals surface area contributed by atoms with Crippen LogP contribution in [0.4, 0.5) is 0 Å². The lowest BCUT2D eigenvalue weighted by atomic mass is 10.4. The van der Waals surface area contributed by atoms with Crippen LogP contribution < -0.4 is 5.73 Å². The molecule has 0 radical (unpaired) electrons. The Morgan fingerprint density at radius 1 is 1.21 bits per heavy atom. The third-order valence-corrected chi connectivity index (χ3v) is 1.48. The molecule has 0 saturated carbocycles. The zero-order valence-corrected chi connectivity index (χ0v) is 8.66. The van der Waals surface area contributed by atoms with Crippen molar-refractivity contribution in [2.24, 2.45) is 5.73 Å². The molecule has 84 valence electrons. The monoisotopic (exact) mass is 205 g/mol. The van der Waals surface area contributed by atoms with Crippen LogP contribution in [0.15, 0.2) is 0 Å². The number of ether oxygens (including phenoxy) is 3. The molecule has 2 N–H and O–H groups in total. The molecule has 0 unspecified atom stereocenters. The van der Waals surface area contributed by atoms with Gasteiger partial charge in [-0.1, -0.05) is 0 Å². The molecule has 0 heterocycles. The fourth-order valence-corrected chi connectivity index (χ4v) is 0.781. The van der Waals surface area contributed by atoms with Crippen LogP contribution in [0.3, 0.4) is 0 Å². The number of carbonyl (C=O) groups excluding carboxylic acids is 1. The van der Waals surface area contributed by atoms with Gasteiger partial charge < -0.3 is 19.9 Å². The van der Waals surface area contributed by atoms with Gasteiger partial charge in [0, 0.05) is 26.7 Å². The van der Waals surface area contributed by atoms with Crippen molar-refractivity contribution in [3.8, 4) is 0 Å². The van der Waals surface area contributed by atoms with Crippen LogP contribution >= 0.6 is 0 Å². The first-order valence-electron chi connectivity index (χ1n) is 4.73. The molecule has 0 saturated heterocycles. The van der Waals surface area contributed by atoms with E-state index in [0.717, 1.165) is 0 Å². The molecule has 0 bridgehead atoms. The molecule has 0 aliphatic heterocycles. The smallest absolute Gasteiger partial charge is 0.307 e. The van der Waals surface area contributed by atoms with Crippen LogP contribution in [-0.2, 0) is 19.0 Å². The zero-order chi connectivity index (χ0) is 10.6. The highest BCUT2D eigenvalue weighted by Gasteiger charge is 1.99. The van der Waals surface area contributed by atoms with Gasteiger partial charge in [-0.2, -0.15) is 0 Å². The molecule has 0 atom stereocenters. The Hall–Kier alpha value is -0.650. The molecular weight excluding hydrogens is 186 g/mol. The predicted octanol–water partition coefficient (Wildman–Crippen LogP) is -0.0685. The molecule has 5 heteroatoms. The molecule has 0 aliphatic carbocycles. The minimum atomic E-state index is -0.246. The number of esters is 1. The highest BCUT2D eigenvalue weighted by molar-refractivity contribution is 5.69. The Bertz CT molecular complexity index is 141. The van der Waals surface area contributed by atoms with Gasteiger partial charge in [0.25, 0.3) is 0 Å². The first-order chi connectivity index (χ1) is 6.81. The van der Waals surface area contributed by atoms with Crippen LogP contribution in [0.1, 0.15) is 12.8 Å². The number of rotatable bonds is 9. The van der Waals surface area contributed by atoms with Crippen molar-refractivity contribution in [3.63, 3.8) is 0 Å². The van der Waals surface area contributed by atoms with Crippen LogP contribution in [0.5, 0.6) is 0 Å². The Morgan fingerprint density at radius 2 is 2.00 bits per heavy atom. The normalized spacial score (nSPS) is 10.1. The maximum Gasteiger partial charge on any atom is 0.307 e. The second-order valence-corrected chi connectivity index (χ2v) is 2.72. The summed E-state index contributed by atoms with van der Waals surface area (Å²) in [7, 11) is 1.62. The van der Waals surface area contributed by atoms with Gasteiger partial charge in [0.05, 0.1) is 26.2 Å². The molecular formula is C9H19NO4. The van der Waals surface area contributed by atoms with Crippen molar-refractivity contribution in [2.75, 3.05) is 40.1 Å². The van der Waals surface area contributed by atoms with E-state index in [-0.39, 0.29) is 12.4 Å². The number of methoxy groups -OCH3 is 1. The maximum absolute atomic E-state index is 10.8. The van der Waals surface area contributed by atoms with Gasteiger partial charge >= 0.3 is 5.97 Å². The van der Waals surface area contributed by atoms with Gasteiger partial charge in [-0.05, 0) is 0 Å². The van der Waals surface area contributed by atoms with E-state index in [9.17, 15) is 4.79 Å². The summed E-state index contributed by atoms with van der Waals surface area (Å²) in [5.74, 6) is -0.246. The van der Waals surface area contributed by atoms with E-state index in [1.807, 2.05) is 0 Å². The molecule has 0 amide bonds. The minimum Gasteiger partial charge on any atom is -0.466 e. The summed E-state index contributed by atoms with van der Waals surface area (Å²) < 4.78 is 14.8. The van der Waals surface area contributed by atoms with Crippen molar-refractivity contribution in [2.45, 2.75) is 12.8 Å². The third-order valence-electron chi connectivity index (χ3n) is 1.48. The zero-order valence-electron chi connectivity index (χ0n) is 8.66. The highest BCUT2D eigenvalue weighted by atomic mass is 16.5. The molecule has 14 heavy (non-hydrogen) atoms. The van der Waals surface area contributed by atoms with Gasteiger partial charge in [0.2, 0.25) is 0 Å². The molecule has 0 aliphatic rings. The van der Waals surface area contributed by atoms with E-state index in [0.29, 0.717) is 39.4 Å². The van der Waals surface area contributed by atoms with Crippen LogP contribution in [0.25, 0.3) is 0 Å². The van der Waals surface area contributed by atoms with E-state index in [1.165, 1.54) is 0 Å². The molecule has 0 aromatic carbocycles. The first kappa shape index (κ1) is 13.4. The van der Waals surface area contributed by atoms with Crippen molar-refractivity contribution >= 4 is 5.97 Å². The average molecular weight is 205 g/mol. The first-order valence-corrected chi connectivity index (χ1v) is 4.73. The van der Waals surface area contributed by atoms with Crippen molar-refractivity contribution in [1.82, 2.24) is 0 Å². The van der Waals surface area contributed by atoms with Gasteiger partial charge in [0.15, 0.2) is 0 Å². The highest BCUT2D eigenvalue weighted by Crippen LogP contribution is 1.88. The molecule has 0 rings (SSSR count). The topological polar surface area (TPSA) is 70.8 Å². The third kappa shape index (κ3) is 9.44. The second-order valence-electron chi connectivity index (χ2n) is 2.72.